The van der Waals surface area contributed by atoms with Gasteiger partial charge < -0.3 is 20.1 Å². The molecule has 1 heterocycles. The van der Waals surface area contributed by atoms with Gasteiger partial charge in [0.15, 0.2) is 11.5 Å². The van der Waals surface area contributed by atoms with Crippen LogP contribution in [0.4, 0.5) is 11.8 Å². The monoisotopic (exact) mass is 370 g/mol. The van der Waals surface area contributed by atoms with Crippen LogP contribution >= 0.6 is 0 Å². The predicted molar refractivity (Wildman–Crippen MR) is 109 cm³/mol. The van der Waals surface area contributed by atoms with Gasteiger partial charge in [-0.05, 0) is 37.5 Å². The minimum Gasteiger partial charge on any atom is -0.493 e. The summed E-state index contributed by atoms with van der Waals surface area (Å²) in [5.74, 6) is 3.01. The van der Waals surface area contributed by atoms with Crippen LogP contribution in [0.15, 0.2) is 24.3 Å². The first kappa shape index (κ1) is 19.3. The molecule has 0 amide bonds. The second kappa shape index (κ2) is 9.44. The summed E-state index contributed by atoms with van der Waals surface area (Å²) in [6.45, 7) is 2.65. The van der Waals surface area contributed by atoms with Gasteiger partial charge in [0.05, 0.1) is 14.2 Å². The first-order valence-corrected chi connectivity index (χ1v) is 9.75. The minimum atomic E-state index is 0.480. The molecule has 0 saturated heterocycles. The highest BCUT2D eigenvalue weighted by Gasteiger charge is 2.14. The summed E-state index contributed by atoms with van der Waals surface area (Å²) >= 11 is 0. The number of nitrogens with one attached hydrogen (secondary N) is 2. The average Bonchev–Trinajstić information content (AvgIpc) is 2.94. The fourth-order valence-electron chi connectivity index (χ4n) is 3.51. The van der Waals surface area contributed by atoms with Crippen LogP contribution in [-0.4, -0.2) is 30.2 Å². The van der Waals surface area contributed by atoms with Gasteiger partial charge in [0.25, 0.3) is 0 Å². The Bertz CT molecular complexity index is 743. The molecule has 0 aliphatic heterocycles. The molecule has 1 aliphatic rings. The number of hydrogen-bond acceptors (Lipinski definition) is 6. The van der Waals surface area contributed by atoms with Crippen LogP contribution in [0, 0.1) is 6.92 Å². The van der Waals surface area contributed by atoms with Gasteiger partial charge in [-0.2, -0.15) is 4.98 Å². The van der Waals surface area contributed by atoms with Gasteiger partial charge in [-0.25, -0.2) is 4.98 Å². The topological polar surface area (TPSA) is 68.3 Å². The zero-order chi connectivity index (χ0) is 19.1. The van der Waals surface area contributed by atoms with Crippen molar-refractivity contribution in [2.45, 2.75) is 58.0 Å². The van der Waals surface area contributed by atoms with E-state index in [1.165, 1.54) is 38.5 Å². The first-order valence-electron chi connectivity index (χ1n) is 9.75. The van der Waals surface area contributed by atoms with Gasteiger partial charge in [0.1, 0.15) is 5.82 Å². The van der Waals surface area contributed by atoms with E-state index in [9.17, 15) is 0 Å². The normalized spacial score (nSPS) is 15.1. The van der Waals surface area contributed by atoms with Crippen LogP contribution in [0.5, 0.6) is 11.5 Å². The molecule has 1 aliphatic carbocycles. The van der Waals surface area contributed by atoms with E-state index in [1.807, 2.05) is 31.2 Å². The Balaban J connectivity index is 1.65. The molecule has 146 valence electrons. The highest BCUT2D eigenvalue weighted by molar-refractivity contribution is 5.46. The number of nitrogens with zero attached hydrogens (tertiary/aromatic N) is 2. The Morgan fingerprint density at radius 3 is 2.41 bits per heavy atom. The summed E-state index contributed by atoms with van der Waals surface area (Å²) in [5, 5.41) is 6.93. The lowest BCUT2D eigenvalue weighted by molar-refractivity contribution is 0.354. The van der Waals surface area contributed by atoms with Gasteiger partial charge in [-0.1, -0.05) is 31.7 Å². The molecule has 0 atom stereocenters. The van der Waals surface area contributed by atoms with Gasteiger partial charge >= 0.3 is 0 Å². The highest BCUT2D eigenvalue weighted by atomic mass is 16.5. The lowest BCUT2D eigenvalue weighted by atomic mass is 10.1. The maximum Gasteiger partial charge on any atom is 0.225 e. The second-order valence-corrected chi connectivity index (χ2v) is 7.09. The van der Waals surface area contributed by atoms with E-state index in [0.29, 0.717) is 12.6 Å². The lowest BCUT2D eigenvalue weighted by Gasteiger charge is -2.17. The number of benzene rings is 1. The molecule has 0 radical (unpaired) electrons. The van der Waals surface area contributed by atoms with E-state index in [2.05, 4.69) is 20.6 Å². The van der Waals surface area contributed by atoms with Crippen molar-refractivity contribution in [2.75, 3.05) is 24.9 Å². The molecule has 2 aromatic rings. The summed E-state index contributed by atoms with van der Waals surface area (Å²) in [5.41, 5.74) is 2.05. The molecule has 6 heteroatoms. The highest BCUT2D eigenvalue weighted by Crippen LogP contribution is 2.28. The number of aromatic nitrogens is 2. The molecule has 1 saturated carbocycles. The minimum absolute atomic E-state index is 0.480. The predicted octanol–water partition coefficient (Wildman–Crippen LogP) is 4.55. The van der Waals surface area contributed by atoms with Crippen LogP contribution in [0.3, 0.4) is 0 Å². The number of methoxy groups -OCH3 is 2. The molecule has 0 bridgehead atoms. The molecular weight excluding hydrogens is 340 g/mol. The molecule has 1 aromatic heterocycles. The zero-order valence-corrected chi connectivity index (χ0v) is 16.5. The smallest absolute Gasteiger partial charge is 0.225 e. The Labute approximate surface area is 161 Å². The van der Waals surface area contributed by atoms with E-state index in [1.54, 1.807) is 14.2 Å². The van der Waals surface area contributed by atoms with E-state index in [-0.39, 0.29) is 0 Å². The number of hydrogen-bond donors (Lipinski definition) is 2. The quantitative estimate of drug-likeness (QED) is 0.697. The van der Waals surface area contributed by atoms with E-state index >= 15 is 0 Å². The van der Waals surface area contributed by atoms with E-state index in [4.69, 9.17) is 9.47 Å². The van der Waals surface area contributed by atoms with Crippen molar-refractivity contribution in [1.29, 1.82) is 0 Å². The largest absolute Gasteiger partial charge is 0.493 e. The second-order valence-electron chi connectivity index (χ2n) is 7.09. The van der Waals surface area contributed by atoms with Crippen LogP contribution in [0.25, 0.3) is 0 Å². The molecule has 6 nitrogen and oxygen atoms in total. The van der Waals surface area contributed by atoms with Gasteiger partial charge in [-0.15, -0.1) is 0 Å². The Morgan fingerprint density at radius 1 is 0.963 bits per heavy atom. The van der Waals surface area contributed by atoms with Crippen molar-refractivity contribution in [1.82, 2.24) is 9.97 Å². The zero-order valence-electron chi connectivity index (χ0n) is 16.5. The van der Waals surface area contributed by atoms with Gasteiger partial charge in [0.2, 0.25) is 5.95 Å². The number of aryl methyl sites for hydroxylation is 1. The molecule has 1 fully saturated rings. The van der Waals surface area contributed by atoms with E-state index in [0.717, 1.165) is 34.5 Å². The van der Waals surface area contributed by atoms with Crippen molar-refractivity contribution < 1.29 is 9.47 Å². The Hall–Kier alpha value is -2.50. The fraction of sp³-hybridized carbons (Fsp3) is 0.524. The third kappa shape index (κ3) is 5.49. The number of anilines is 2. The summed E-state index contributed by atoms with van der Waals surface area (Å²) in [7, 11) is 3.29. The van der Waals surface area contributed by atoms with Crippen molar-refractivity contribution in [3.05, 3.63) is 35.5 Å². The molecular formula is C21H30N4O2. The SMILES string of the molecule is COc1ccc(CNc2cc(C)nc(NC3CCCCCC3)n2)cc1OC. The molecule has 27 heavy (non-hydrogen) atoms. The Kier molecular flexibility index (Phi) is 6.74. The maximum atomic E-state index is 5.37. The molecule has 1 aromatic carbocycles. The first-order chi connectivity index (χ1) is 13.2. The van der Waals surface area contributed by atoms with Crippen molar-refractivity contribution in [2.24, 2.45) is 0 Å². The maximum absolute atomic E-state index is 5.37. The summed E-state index contributed by atoms with van der Waals surface area (Å²) in [6, 6.07) is 8.37. The number of rotatable bonds is 7. The molecule has 3 rings (SSSR count). The van der Waals surface area contributed by atoms with Crippen LogP contribution in [0.2, 0.25) is 0 Å². The molecule has 0 unspecified atom stereocenters. The lowest BCUT2D eigenvalue weighted by Crippen LogP contribution is -2.20. The van der Waals surface area contributed by atoms with Crippen molar-refractivity contribution >= 4 is 11.8 Å². The van der Waals surface area contributed by atoms with Gasteiger partial charge in [0, 0.05) is 24.3 Å². The summed E-state index contributed by atoms with van der Waals surface area (Å²) in [6.07, 6.45) is 7.65. The Morgan fingerprint density at radius 2 is 1.70 bits per heavy atom. The van der Waals surface area contributed by atoms with Crippen LogP contribution < -0.4 is 20.1 Å². The summed E-state index contributed by atoms with van der Waals surface area (Å²) in [4.78, 5) is 9.23. The molecule has 0 spiro atoms. The fourth-order valence-corrected chi connectivity index (χ4v) is 3.51. The van der Waals surface area contributed by atoms with Crippen LogP contribution in [-0.2, 0) is 6.54 Å². The van der Waals surface area contributed by atoms with Crippen LogP contribution in [0.1, 0.15) is 49.8 Å². The third-order valence-corrected chi connectivity index (χ3v) is 4.96. The average molecular weight is 370 g/mol. The van der Waals surface area contributed by atoms with Gasteiger partial charge in [-0.3, -0.25) is 0 Å². The number of ether oxygens (including phenoxy) is 2. The summed E-state index contributed by atoms with van der Waals surface area (Å²) < 4.78 is 10.7. The van der Waals surface area contributed by atoms with E-state index < -0.39 is 0 Å². The standard InChI is InChI=1S/C21H30N4O2/c1-15-12-20(22-14-16-10-11-18(26-2)19(13-16)27-3)25-21(23-15)24-17-8-6-4-5-7-9-17/h10-13,17H,4-9,14H2,1-3H3,(H2,22,23,24,25). The van der Waals surface area contributed by atoms with Crippen molar-refractivity contribution in [3.8, 4) is 11.5 Å². The third-order valence-electron chi connectivity index (χ3n) is 4.96. The molecule has 2 N–H and O–H groups in total. The van der Waals surface area contributed by atoms with Crippen molar-refractivity contribution in [3.63, 3.8) is 0 Å².